The van der Waals surface area contributed by atoms with Crippen LogP contribution >= 0.6 is 11.8 Å². The molecule has 18 heavy (non-hydrogen) atoms. The van der Waals surface area contributed by atoms with Gasteiger partial charge in [-0.25, -0.2) is 0 Å². The highest BCUT2D eigenvalue weighted by Gasteiger charge is 2.36. The van der Waals surface area contributed by atoms with Gasteiger partial charge in [-0.2, -0.15) is 0 Å². The van der Waals surface area contributed by atoms with Crippen LogP contribution in [0.15, 0.2) is 29.2 Å². The molecule has 0 aliphatic heterocycles. The first kappa shape index (κ1) is 13.8. The van der Waals surface area contributed by atoms with Gasteiger partial charge in [-0.3, -0.25) is 0 Å². The zero-order valence-corrected chi connectivity index (χ0v) is 12.3. The van der Waals surface area contributed by atoms with Crippen molar-refractivity contribution in [3.63, 3.8) is 0 Å². The largest absolute Gasteiger partial charge is 0.497 e. The number of methoxy groups -OCH3 is 1. The van der Waals surface area contributed by atoms with E-state index in [0.29, 0.717) is 5.25 Å². The summed E-state index contributed by atoms with van der Waals surface area (Å²) in [7, 11) is 1.71. The van der Waals surface area contributed by atoms with Gasteiger partial charge in [0.05, 0.1) is 7.11 Å². The molecule has 0 spiro atoms. The molecule has 2 nitrogen and oxygen atoms in total. The molecule has 100 valence electrons. The predicted octanol–water partition coefficient (Wildman–Crippen LogP) is 3.69. The maximum Gasteiger partial charge on any atom is 0.119 e. The van der Waals surface area contributed by atoms with E-state index in [1.807, 2.05) is 23.9 Å². The van der Waals surface area contributed by atoms with Gasteiger partial charge in [0.1, 0.15) is 5.75 Å². The molecule has 1 aliphatic carbocycles. The third-order valence-electron chi connectivity index (χ3n) is 3.94. The van der Waals surface area contributed by atoms with Gasteiger partial charge >= 0.3 is 0 Å². The highest BCUT2D eigenvalue weighted by atomic mass is 32.2. The van der Waals surface area contributed by atoms with Crippen molar-refractivity contribution in [2.75, 3.05) is 7.11 Å². The highest BCUT2D eigenvalue weighted by Crippen LogP contribution is 2.42. The third-order valence-corrected chi connectivity index (χ3v) is 5.30. The maximum atomic E-state index is 6.42. The molecule has 0 bridgehead atoms. The van der Waals surface area contributed by atoms with Gasteiger partial charge < -0.3 is 10.5 Å². The first-order valence-electron chi connectivity index (χ1n) is 6.59. The summed E-state index contributed by atoms with van der Waals surface area (Å²) < 4.78 is 5.27. The van der Waals surface area contributed by atoms with Gasteiger partial charge in [0, 0.05) is 16.2 Å². The molecule has 1 aliphatic rings. The average Bonchev–Trinajstić information content (AvgIpc) is 2.35. The van der Waals surface area contributed by atoms with E-state index in [-0.39, 0.29) is 11.5 Å². The van der Waals surface area contributed by atoms with Crippen LogP contribution in [0, 0.1) is 5.41 Å². The van der Waals surface area contributed by atoms with Crippen molar-refractivity contribution in [2.24, 2.45) is 11.1 Å². The zero-order valence-electron chi connectivity index (χ0n) is 11.5. The van der Waals surface area contributed by atoms with Crippen LogP contribution in [0.2, 0.25) is 0 Å². The molecule has 1 fully saturated rings. The van der Waals surface area contributed by atoms with E-state index in [9.17, 15) is 0 Å². The number of ether oxygens (including phenoxy) is 1. The van der Waals surface area contributed by atoms with Crippen molar-refractivity contribution in [3.05, 3.63) is 24.3 Å². The minimum Gasteiger partial charge on any atom is -0.497 e. The third kappa shape index (κ3) is 3.01. The van der Waals surface area contributed by atoms with Gasteiger partial charge in [-0.05, 0) is 36.5 Å². The van der Waals surface area contributed by atoms with E-state index < -0.39 is 0 Å². The first-order valence-corrected chi connectivity index (χ1v) is 7.47. The number of benzene rings is 1. The van der Waals surface area contributed by atoms with Crippen molar-refractivity contribution < 1.29 is 4.74 Å². The van der Waals surface area contributed by atoms with Gasteiger partial charge in [0.15, 0.2) is 0 Å². The summed E-state index contributed by atoms with van der Waals surface area (Å²) >= 11 is 1.90. The van der Waals surface area contributed by atoms with Crippen LogP contribution in [0.25, 0.3) is 0 Å². The van der Waals surface area contributed by atoms with E-state index in [0.717, 1.165) is 5.75 Å². The fourth-order valence-corrected chi connectivity index (χ4v) is 4.08. The standard InChI is InChI=1S/C15H23NOS/c1-15(2)9-5-8-13(14(15)16)18-12-7-4-6-11(10-12)17-3/h4,6-7,10,13-14H,5,8-9,16H2,1-3H3. The van der Waals surface area contributed by atoms with E-state index in [1.165, 1.54) is 24.2 Å². The SMILES string of the molecule is COc1cccc(SC2CCCC(C)(C)C2N)c1. The van der Waals surface area contributed by atoms with Crippen LogP contribution in [-0.4, -0.2) is 18.4 Å². The van der Waals surface area contributed by atoms with E-state index >= 15 is 0 Å². The van der Waals surface area contributed by atoms with Crippen LogP contribution < -0.4 is 10.5 Å². The quantitative estimate of drug-likeness (QED) is 0.905. The number of thioether (sulfide) groups is 1. The lowest BCUT2D eigenvalue weighted by molar-refractivity contribution is 0.208. The average molecular weight is 265 g/mol. The lowest BCUT2D eigenvalue weighted by Crippen LogP contribution is -2.48. The van der Waals surface area contributed by atoms with Crippen LogP contribution in [0.3, 0.4) is 0 Å². The summed E-state index contributed by atoms with van der Waals surface area (Å²) in [5.41, 5.74) is 6.68. The summed E-state index contributed by atoms with van der Waals surface area (Å²) in [4.78, 5) is 1.26. The molecule has 0 heterocycles. The molecule has 2 N–H and O–H groups in total. The lowest BCUT2D eigenvalue weighted by atomic mass is 9.73. The highest BCUT2D eigenvalue weighted by molar-refractivity contribution is 8.00. The maximum absolute atomic E-state index is 6.42. The summed E-state index contributed by atoms with van der Waals surface area (Å²) in [6.07, 6.45) is 3.73. The Morgan fingerprint density at radius 3 is 2.89 bits per heavy atom. The number of hydrogen-bond acceptors (Lipinski definition) is 3. The van der Waals surface area contributed by atoms with Gasteiger partial charge in [-0.1, -0.05) is 26.3 Å². The number of rotatable bonds is 3. The molecule has 0 amide bonds. The van der Waals surface area contributed by atoms with Crippen molar-refractivity contribution in [2.45, 2.75) is 49.3 Å². The monoisotopic (exact) mass is 265 g/mol. The van der Waals surface area contributed by atoms with Crippen LogP contribution in [-0.2, 0) is 0 Å². The van der Waals surface area contributed by atoms with Gasteiger partial charge in [0.2, 0.25) is 0 Å². The molecule has 0 saturated heterocycles. The molecule has 1 aromatic rings. The normalized spacial score (nSPS) is 26.9. The Morgan fingerprint density at radius 2 is 2.17 bits per heavy atom. The molecular formula is C15H23NOS. The second-order valence-electron chi connectivity index (χ2n) is 5.74. The summed E-state index contributed by atoms with van der Waals surface area (Å²) in [6.45, 7) is 4.58. The Hall–Kier alpha value is -0.670. The molecule has 2 atom stereocenters. The molecule has 2 unspecified atom stereocenters. The fraction of sp³-hybridized carbons (Fsp3) is 0.600. The zero-order chi connectivity index (χ0) is 13.2. The predicted molar refractivity (Wildman–Crippen MR) is 78.2 cm³/mol. The Labute approximate surface area is 114 Å². The van der Waals surface area contributed by atoms with Crippen molar-refractivity contribution in [3.8, 4) is 5.75 Å². The first-order chi connectivity index (χ1) is 8.53. The Morgan fingerprint density at radius 1 is 1.39 bits per heavy atom. The minimum atomic E-state index is 0.259. The van der Waals surface area contributed by atoms with E-state index in [2.05, 4.69) is 26.0 Å². The van der Waals surface area contributed by atoms with Crippen LogP contribution in [0.4, 0.5) is 0 Å². The second kappa shape index (κ2) is 5.54. The van der Waals surface area contributed by atoms with Crippen molar-refractivity contribution in [1.29, 1.82) is 0 Å². The Bertz CT molecular complexity index is 405. The van der Waals surface area contributed by atoms with Gasteiger partial charge in [0.25, 0.3) is 0 Å². The molecule has 1 saturated carbocycles. The molecule has 3 heteroatoms. The van der Waals surface area contributed by atoms with Crippen LogP contribution in [0.1, 0.15) is 33.1 Å². The van der Waals surface area contributed by atoms with Crippen molar-refractivity contribution >= 4 is 11.8 Å². The molecule has 0 radical (unpaired) electrons. The molecular weight excluding hydrogens is 242 g/mol. The summed E-state index contributed by atoms with van der Waals surface area (Å²) in [5.74, 6) is 0.920. The summed E-state index contributed by atoms with van der Waals surface area (Å²) in [6, 6.07) is 8.53. The fourth-order valence-electron chi connectivity index (χ4n) is 2.59. The lowest BCUT2D eigenvalue weighted by Gasteiger charge is -2.41. The Kier molecular flexibility index (Phi) is 4.23. The van der Waals surface area contributed by atoms with Crippen LogP contribution in [0.5, 0.6) is 5.75 Å². The second-order valence-corrected chi connectivity index (χ2v) is 7.05. The minimum absolute atomic E-state index is 0.259. The van der Waals surface area contributed by atoms with E-state index in [4.69, 9.17) is 10.5 Å². The van der Waals surface area contributed by atoms with Gasteiger partial charge in [-0.15, -0.1) is 11.8 Å². The molecule has 0 aromatic heterocycles. The summed E-state index contributed by atoms with van der Waals surface area (Å²) in [5, 5.41) is 0.515. The van der Waals surface area contributed by atoms with Crippen molar-refractivity contribution in [1.82, 2.24) is 0 Å². The topological polar surface area (TPSA) is 35.2 Å². The number of nitrogens with two attached hydrogens (primary N) is 1. The van der Waals surface area contributed by atoms with E-state index in [1.54, 1.807) is 7.11 Å². The molecule has 1 aromatic carbocycles. The number of hydrogen-bond donors (Lipinski definition) is 1. The smallest absolute Gasteiger partial charge is 0.119 e. The molecule has 2 rings (SSSR count). The Balaban J connectivity index is 2.08.